The van der Waals surface area contributed by atoms with Gasteiger partial charge in [0.2, 0.25) is 0 Å². The zero-order valence-corrected chi connectivity index (χ0v) is 20.2. The molecule has 0 N–H and O–H groups in total. The van der Waals surface area contributed by atoms with Crippen LogP contribution in [0.2, 0.25) is 36.3 Å². The quantitative estimate of drug-likeness (QED) is 0.435. The van der Waals surface area contributed by atoms with Gasteiger partial charge in [-0.05, 0) is 41.8 Å². The minimum Gasteiger partial charge on any atom is -0.416 e. The first-order chi connectivity index (χ1) is 11.0. The summed E-state index contributed by atoms with van der Waals surface area (Å²) in [6.45, 7) is 27.3. The van der Waals surface area contributed by atoms with E-state index in [-0.39, 0.29) is 27.9 Å². The predicted molar refractivity (Wildman–Crippen MR) is 112 cm³/mol. The van der Waals surface area contributed by atoms with Gasteiger partial charge < -0.3 is 8.85 Å². The molecular formula is C20H40O3Si2. The number of hydrogen-bond donors (Lipinski definition) is 0. The van der Waals surface area contributed by atoms with Crippen molar-refractivity contribution in [3.8, 4) is 0 Å². The average Bonchev–Trinajstić information content (AvgIpc) is 2.38. The molecule has 1 aliphatic rings. The summed E-state index contributed by atoms with van der Waals surface area (Å²) in [7, 11) is -3.75. The highest BCUT2D eigenvalue weighted by Crippen LogP contribution is 2.41. The highest BCUT2D eigenvalue weighted by molar-refractivity contribution is 6.74. The summed E-state index contributed by atoms with van der Waals surface area (Å²) in [5.74, 6) is 0.366. The SMILES string of the molecule is C=C1[C@H](CO[Si](C)(C)C(C)(C)C)CC(=O)C[C@@H]1O[Si](C)(C)C(C)(C)C. The van der Waals surface area contributed by atoms with Crippen LogP contribution in [0.15, 0.2) is 12.2 Å². The second kappa shape index (κ2) is 7.41. The van der Waals surface area contributed by atoms with Crippen LogP contribution in [0.4, 0.5) is 0 Å². The third-order valence-corrected chi connectivity index (χ3v) is 15.5. The van der Waals surface area contributed by atoms with Crippen LogP contribution < -0.4 is 0 Å². The Hall–Kier alpha value is -0.236. The lowest BCUT2D eigenvalue weighted by atomic mass is 9.83. The molecule has 5 heteroatoms. The third-order valence-electron chi connectivity index (χ3n) is 6.52. The molecule has 1 saturated carbocycles. The van der Waals surface area contributed by atoms with E-state index in [1.54, 1.807) is 0 Å². The van der Waals surface area contributed by atoms with Crippen LogP contribution in [0, 0.1) is 5.92 Å². The zero-order chi connectivity index (χ0) is 19.8. The van der Waals surface area contributed by atoms with Gasteiger partial charge in [0.25, 0.3) is 0 Å². The van der Waals surface area contributed by atoms with Crippen LogP contribution in [0.25, 0.3) is 0 Å². The van der Waals surface area contributed by atoms with E-state index in [0.29, 0.717) is 19.4 Å². The maximum absolute atomic E-state index is 12.3. The molecule has 0 radical (unpaired) electrons. The van der Waals surface area contributed by atoms with Gasteiger partial charge in [-0.25, -0.2) is 0 Å². The molecule has 0 unspecified atom stereocenters. The molecule has 146 valence electrons. The van der Waals surface area contributed by atoms with Gasteiger partial charge >= 0.3 is 0 Å². The Kier molecular flexibility index (Phi) is 6.76. The summed E-state index contributed by atoms with van der Waals surface area (Å²) in [5, 5.41) is 0.297. The van der Waals surface area contributed by atoms with Crippen molar-refractivity contribution >= 4 is 22.4 Å². The summed E-state index contributed by atoms with van der Waals surface area (Å²) in [5.41, 5.74) is 1.06. The molecule has 2 atom stereocenters. The molecule has 1 fully saturated rings. The first-order valence-corrected chi connectivity index (χ1v) is 15.3. The highest BCUT2D eigenvalue weighted by Gasteiger charge is 2.43. The number of Topliss-reactive ketones (excluding diaryl/α,β-unsaturated/α-hetero) is 1. The first-order valence-electron chi connectivity index (χ1n) is 9.50. The van der Waals surface area contributed by atoms with Crippen LogP contribution in [0.3, 0.4) is 0 Å². The molecule has 25 heavy (non-hydrogen) atoms. The van der Waals surface area contributed by atoms with E-state index in [4.69, 9.17) is 8.85 Å². The summed E-state index contributed by atoms with van der Waals surface area (Å²) >= 11 is 0. The van der Waals surface area contributed by atoms with E-state index in [9.17, 15) is 4.79 Å². The Labute approximate surface area is 157 Å². The molecule has 0 heterocycles. The van der Waals surface area contributed by atoms with Crippen molar-refractivity contribution in [1.29, 1.82) is 0 Å². The Balaban J connectivity index is 2.85. The van der Waals surface area contributed by atoms with Crippen molar-refractivity contribution in [2.45, 2.75) is 96.8 Å². The van der Waals surface area contributed by atoms with Gasteiger partial charge in [-0.3, -0.25) is 4.79 Å². The molecule has 0 aromatic heterocycles. The number of rotatable bonds is 5. The van der Waals surface area contributed by atoms with Gasteiger partial charge in [-0.2, -0.15) is 0 Å². The molecule has 0 aliphatic heterocycles. The number of carbonyl (C=O) groups excluding carboxylic acids is 1. The van der Waals surface area contributed by atoms with Crippen molar-refractivity contribution in [3.05, 3.63) is 12.2 Å². The Bertz CT molecular complexity index is 510. The van der Waals surface area contributed by atoms with Crippen molar-refractivity contribution in [1.82, 2.24) is 0 Å². The molecule has 1 aliphatic carbocycles. The third kappa shape index (κ3) is 5.62. The summed E-state index contributed by atoms with van der Waals surface area (Å²) in [4.78, 5) is 12.3. The number of carbonyl (C=O) groups is 1. The maximum Gasteiger partial charge on any atom is 0.192 e. The van der Waals surface area contributed by atoms with Gasteiger partial charge in [0.1, 0.15) is 5.78 Å². The highest BCUT2D eigenvalue weighted by atomic mass is 28.4. The molecule has 0 aromatic rings. The van der Waals surface area contributed by atoms with E-state index in [2.05, 4.69) is 74.3 Å². The average molecular weight is 385 g/mol. The molecule has 1 rings (SSSR count). The monoisotopic (exact) mass is 384 g/mol. The van der Waals surface area contributed by atoms with Crippen molar-refractivity contribution in [2.75, 3.05) is 6.61 Å². The van der Waals surface area contributed by atoms with Crippen molar-refractivity contribution < 1.29 is 13.6 Å². The fourth-order valence-corrected chi connectivity index (χ4v) is 4.78. The van der Waals surface area contributed by atoms with Gasteiger partial charge in [-0.1, -0.05) is 48.1 Å². The lowest BCUT2D eigenvalue weighted by Crippen LogP contribution is -2.48. The van der Waals surface area contributed by atoms with E-state index in [0.717, 1.165) is 5.57 Å². The molecule has 3 nitrogen and oxygen atoms in total. The van der Waals surface area contributed by atoms with Crippen LogP contribution in [-0.4, -0.2) is 35.1 Å². The normalized spacial score (nSPS) is 23.9. The van der Waals surface area contributed by atoms with E-state index in [1.807, 2.05) is 0 Å². The number of hydrogen-bond acceptors (Lipinski definition) is 3. The lowest BCUT2D eigenvalue weighted by molar-refractivity contribution is -0.123. The minimum atomic E-state index is -1.93. The van der Waals surface area contributed by atoms with Gasteiger partial charge in [0, 0.05) is 25.4 Å². The molecular weight excluding hydrogens is 344 g/mol. The Morgan fingerprint density at radius 1 is 0.960 bits per heavy atom. The Morgan fingerprint density at radius 2 is 1.44 bits per heavy atom. The second-order valence-corrected chi connectivity index (χ2v) is 20.2. The molecule has 0 amide bonds. The maximum atomic E-state index is 12.3. The second-order valence-electron chi connectivity index (χ2n) is 10.7. The molecule has 0 bridgehead atoms. The first kappa shape index (κ1) is 22.8. The van der Waals surface area contributed by atoms with Crippen LogP contribution in [0.1, 0.15) is 54.4 Å². The largest absolute Gasteiger partial charge is 0.416 e. The fraction of sp³-hybridized carbons (Fsp3) is 0.850. The van der Waals surface area contributed by atoms with E-state index < -0.39 is 16.6 Å². The van der Waals surface area contributed by atoms with Gasteiger partial charge in [0.05, 0.1) is 6.10 Å². The van der Waals surface area contributed by atoms with Crippen LogP contribution in [-0.2, 0) is 13.6 Å². The topological polar surface area (TPSA) is 35.5 Å². The van der Waals surface area contributed by atoms with Gasteiger partial charge in [0.15, 0.2) is 16.6 Å². The Morgan fingerprint density at radius 3 is 1.88 bits per heavy atom. The number of ketones is 1. The van der Waals surface area contributed by atoms with Crippen LogP contribution in [0.5, 0.6) is 0 Å². The van der Waals surface area contributed by atoms with Gasteiger partial charge in [-0.15, -0.1) is 0 Å². The van der Waals surface area contributed by atoms with E-state index in [1.165, 1.54) is 0 Å². The van der Waals surface area contributed by atoms with E-state index >= 15 is 0 Å². The minimum absolute atomic E-state index is 0.0881. The van der Waals surface area contributed by atoms with Crippen molar-refractivity contribution in [3.63, 3.8) is 0 Å². The lowest BCUT2D eigenvalue weighted by Gasteiger charge is -2.43. The zero-order valence-electron chi connectivity index (χ0n) is 18.2. The smallest absolute Gasteiger partial charge is 0.192 e. The van der Waals surface area contributed by atoms with Crippen LogP contribution >= 0.6 is 0 Å². The molecule has 0 spiro atoms. The standard InChI is InChI=1S/C20H40O3Si2/c1-15-16(14-22-24(8,9)19(2,3)4)12-17(21)13-18(15)23-25(10,11)20(5,6)7/h16,18H,1,12-14H2,2-11H3/t16-,18-/m0/s1. The predicted octanol–water partition coefficient (Wildman–Crippen LogP) is 5.93. The fourth-order valence-electron chi connectivity index (χ4n) is 2.43. The van der Waals surface area contributed by atoms with Crippen molar-refractivity contribution in [2.24, 2.45) is 5.92 Å². The summed E-state index contributed by atoms with van der Waals surface area (Å²) in [6, 6.07) is 0. The molecule has 0 saturated heterocycles. The summed E-state index contributed by atoms with van der Waals surface area (Å²) in [6.07, 6.45) is 0.877. The summed E-state index contributed by atoms with van der Waals surface area (Å²) < 4.78 is 12.9. The molecule has 0 aromatic carbocycles.